The van der Waals surface area contributed by atoms with E-state index >= 15 is 0 Å². The molecule has 7 heteroatoms. The molecule has 0 amide bonds. The van der Waals surface area contributed by atoms with Crippen LogP contribution in [0.3, 0.4) is 0 Å². The smallest absolute Gasteiger partial charge is 0.214 e. The second kappa shape index (κ2) is 6.28. The molecule has 1 atom stereocenters. The van der Waals surface area contributed by atoms with E-state index in [1.165, 1.54) is 7.11 Å². The molecule has 0 rings (SSSR count). The molecule has 1 unspecified atom stereocenters. The maximum atomic E-state index is 11.3. The minimum atomic E-state index is -3.28. The molecule has 0 aromatic carbocycles. The van der Waals surface area contributed by atoms with Crippen molar-refractivity contribution in [3.8, 4) is 0 Å². The summed E-state index contributed by atoms with van der Waals surface area (Å²) in [6, 6.07) is -0.269. The fourth-order valence-electron chi connectivity index (χ4n) is 0.902. The van der Waals surface area contributed by atoms with Crippen LogP contribution in [-0.4, -0.2) is 38.9 Å². The Kier molecular flexibility index (Phi) is 6.17. The molecule has 0 radical (unpaired) electrons. The van der Waals surface area contributed by atoms with Gasteiger partial charge in [-0.25, -0.2) is 13.1 Å². The second-order valence-electron chi connectivity index (χ2n) is 3.00. The standard InChI is InChI=1S/C7H16N2O3S2/c1-6(5-7(8)13)9-14(10,11)4-3-12-2/h6,9H,3-5H2,1-2H3,(H2,8,13). The molecule has 0 spiro atoms. The number of sulfonamides is 1. The molecule has 14 heavy (non-hydrogen) atoms. The normalized spacial score (nSPS) is 13.9. The predicted molar refractivity (Wildman–Crippen MR) is 59.7 cm³/mol. The zero-order valence-electron chi connectivity index (χ0n) is 8.32. The number of ether oxygens (including phenoxy) is 1. The number of hydrogen-bond donors (Lipinski definition) is 2. The average Bonchev–Trinajstić information content (AvgIpc) is 1.98. The Bertz CT molecular complexity index is 277. The van der Waals surface area contributed by atoms with E-state index in [0.29, 0.717) is 11.4 Å². The molecule has 0 fully saturated rings. The van der Waals surface area contributed by atoms with Gasteiger partial charge in [0.05, 0.1) is 17.3 Å². The van der Waals surface area contributed by atoms with Crippen LogP contribution in [0.4, 0.5) is 0 Å². The second-order valence-corrected chi connectivity index (χ2v) is 5.40. The monoisotopic (exact) mass is 240 g/mol. The molecule has 5 nitrogen and oxygen atoms in total. The summed E-state index contributed by atoms with van der Waals surface area (Å²) < 4.78 is 29.7. The zero-order valence-corrected chi connectivity index (χ0v) is 9.95. The van der Waals surface area contributed by atoms with Gasteiger partial charge in [-0.15, -0.1) is 0 Å². The van der Waals surface area contributed by atoms with E-state index in [4.69, 9.17) is 5.73 Å². The van der Waals surface area contributed by atoms with Gasteiger partial charge in [-0.2, -0.15) is 0 Å². The highest BCUT2D eigenvalue weighted by Gasteiger charge is 2.14. The molecule has 0 heterocycles. The number of hydrogen-bond acceptors (Lipinski definition) is 4. The van der Waals surface area contributed by atoms with Crippen LogP contribution in [0.5, 0.6) is 0 Å². The van der Waals surface area contributed by atoms with Gasteiger partial charge in [0.2, 0.25) is 10.0 Å². The van der Waals surface area contributed by atoms with Crippen molar-refractivity contribution in [2.24, 2.45) is 5.73 Å². The lowest BCUT2D eigenvalue weighted by Crippen LogP contribution is -2.37. The minimum Gasteiger partial charge on any atom is -0.393 e. The van der Waals surface area contributed by atoms with E-state index in [1.54, 1.807) is 6.92 Å². The topological polar surface area (TPSA) is 81.4 Å². The first kappa shape index (κ1) is 13.8. The minimum absolute atomic E-state index is 0.0504. The van der Waals surface area contributed by atoms with Crippen LogP contribution in [0, 0.1) is 0 Å². The van der Waals surface area contributed by atoms with E-state index in [2.05, 4.69) is 21.7 Å². The molecule has 0 aliphatic carbocycles. The number of nitrogens with two attached hydrogens (primary N) is 1. The fourth-order valence-corrected chi connectivity index (χ4v) is 2.35. The zero-order chi connectivity index (χ0) is 11.2. The first-order valence-electron chi connectivity index (χ1n) is 4.14. The Morgan fingerprint density at radius 2 is 2.21 bits per heavy atom. The van der Waals surface area contributed by atoms with E-state index in [0.717, 1.165) is 0 Å². The van der Waals surface area contributed by atoms with Gasteiger partial charge in [0.25, 0.3) is 0 Å². The molecule has 0 aromatic heterocycles. The van der Waals surface area contributed by atoms with Gasteiger partial charge in [-0.05, 0) is 6.92 Å². The van der Waals surface area contributed by atoms with Crippen molar-refractivity contribution in [1.29, 1.82) is 0 Å². The van der Waals surface area contributed by atoms with E-state index in [1.807, 2.05) is 0 Å². The molecule has 0 bridgehead atoms. The molecule has 84 valence electrons. The number of nitrogens with one attached hydrogen (secondary N) is 1. The third kappa shape index (κ3) is 7.19. The number of rotatable bonds is 7. The van der Waals surface area contributed by atoms with Crippen molar-refractivity contribution in [3.63, 3.8) is 0 Å². The Hall–Kier alpha value is -0.240. The highest BCUT2D eigenvalue weighted by Crippen LogP contribution is 1.95. The summed E-state index contributed by atoms with van der Waals surface area (Å²) in [5.74, 6) is -0.0504. The summed E-state index contributed by atoms with van der Waals surface area (Å²) in [6.45, 7) is 1.89. The van der Waals surface area contributed by atoms with Crippen LogP contribution in [-0.2, 0) is 14.8 Å². The van der Waals surface area contributed by atoms with Gasteiger partial charge >= 0.3 is 0 Å². The molecule has 0 aliphatic heterocycles. The van der Waals surface area contributed by atoms with Crippen molar-refractivity contribution < 1.29 is 13.2 Å². The lowest BCUT2D eigenvalue weighted by Gasteiger charge is -2.12. The summed E-state index contributed by atoms with van der Waals surface area (Å²) in [5.41, 5.74) is 5.28. The first-order valence-corrected chi connectivity index (χ1v) is 6.20. The van der Waals surface area contributed by atoms with Crippen molar-refractivity contribution in [1.82, 2.24) is 4.72 Å². The van der Waals surface area contributed by atoms with Gasteiger partial charge in [-0.3, -0.25) is 0 Å². The summed E-state index contributed by atoms with van der Waals surface area (Å²) in [4.78, 5) is 0.298. The summed E-state index contributed by atoms with van der Waals surface area (Å²) >= 11 is 4.67. The van der Waals surface area contributed by atoms with Crippen LogP contribution in [0.1, 0.15) is 13.3 Å². The van der Waals surface area contributed by atoms with E-state index in [9.17, 15) is 8.42 Å². The third-order valence-electron chi connectivity index (χ3n) is 1.44. The van der Waals surface area contributed by atoms with Gasteiger partial charge in [0.15, 0.2) is 0 Å². The Morgan fingerprint density at radius 1 is 1.64 bits per heavy atom. The highest BCUT2D eigenvalue weighted by atomic mass is 32.2. The maximum absolute atomic E-state index is 11.3. The molecule has 0 saturated heterocycles. The molecular weight excluding hydrogens is 224 g/mol. The van der Waals surface area contributed by atoms with E-state index in [-0.39, 0.29) is 18.4 Å². The number of methoxy groups -OCH3 is 1. The van der Waals surface area contributed by atoms with Crippen LogP contribution in [0.25, 0.3) is 0 Å². The van der Waals surface area contributed by atoms with Crippen molar-refractivity contribution in [2.75, 3.05) is 19.5 Å². The molecular formula is C7H16N2O3S2. The molecule has 0 saturated carbocycles. The van der Waals surface area contributed by atoms with Crippen LogP contribution < -0.4 is 10.5 Å². The van der Waals surface area contributed by atoms with Crippen LogP contribution >= 0.6 is 12.2 Å². The Morgan fingerprint density at radius 3 is 2.64 bits per heavy atom. The lowest BCUT2D eigenvalue weighted by atomic mass is 10.3. The SMILES string of the molecule is COCCS(=O)(=O)NC(C)CC(N)=S. The van der Waals surface area contributed by atoms with Crippen molar-refractivity contribution >= 4 is 27.2 Å². The largest absolute Gasteiger partial charge is 0.393 e. The van der Waals surface area contributed by atoms with Crippen molar-refractivity contribution in [2.45, 2.75) is 19.4 Å². The quantitative estimate of drug-likeness (QED) is 0.593. The molecule has 0 aromatic rings. The Balaban J connectivity index is 4.02. The van der Waals surface area contributed by atoms with Crippen molar-refractivity contribution in [3.05, 3.63) is 0 Å². The number of thiocarbonyl (C=S) groups is 1. The lowest BCUT2D eigenvalue weighted by molar-refractivity contribution is 0.217. The maximum Gasteiger partial charge on any atom is 0.214 e. The summed E-state index contributed by atoms with van der Waals surface area (Å²) in [6.07, 6.45) is 0.363. The average molecular weight is 240 g/mol. The predicted octanol–water partition coefficient (Wildman–Crippen LogP) is -0.383. The highest BCUT2D eigenvalue weighted by molar-refractivity contribution is 7.89. The first-order chi connectivity index (χ1) is 6.37. The van der Waals surface area contributed by atoms with Gasteiger partial charge < -0.3 is 10.5 Å². The van der Waals surface area contributed by atoms with Gasteiger partial charge in [-0.1, -0.05) is 12.2 Å². The van der Waals surface area contributed by atoms with E-state index < -0.39 is 10.0 Å². The summed E-state index contributed by atoms with van der Waals surface area (Å²) in [7, 11) is -1.83. The Labute approximate surface area is 90.1 Å². The fraction of sp³-hybridized carbons (Fsp3) is 0.857. The molecule has 0 aliphatic rings. The third-order valence-corrected chi connectivity index (χ3v) is 3.08. The summed E-state index contributed by atoms with van der Waals surface area (Å²) in [5, 5.41) is 0. The van der Waals surface area contributed by atoms with Crippen LogP contribution in [0.15, 0.2) is 0 Å². The van der Waals surface area contributed by atoms with Crippen LogP contribution in [0.2, 0.25) is 0 Å². The molecule has 3 N–H and O–H groups in total. The van der Waals surface area contributed by atoms with Gasteiger partial charge in [0.1, 0.15) is 0 Å². The van der Waals surface area contributed by atoms with Gasteiger partial charge in [0, 0.05) is 19.6 Å².